The highest BCUT2D eigenvalue weighted by Crippen LogP contribution is 2.37. The predicted octanol–water partition coefficient (Wildman–Crippen LogP) is 4.01. The first-order valence-corrected chi connectivity index (χ1v) is 9.41. The summed E-state index contributed by atoms with van der Waals surface area (Å²) in [5.41, 5.74) is 3.31. The lowest BCUT2D eigenvalue weighted by atomic mass is 10.1. The third kappa shape index (κ3) is 3.67. The van der Waals surface area contributed by atoms with Crippen LogP contribution in [0.25, 0.3) is 0 Å². The highest BCUT2D eigenvalue weighted by molar-refractivity contribution is 6.74. The molecule has 1 rings (SSSR count). The van der Waals surface area contributed by atoms with Gasteiger partial charge in [-0.1, -0.05) is 39.0 Å². The second-order valence-electron chi connectivity index (χ2n) is 6.47. The van der Waals surface area contributed by atoms with Gasteiger partial charge in [-0.25, -0.2) is 0 Å². The fourth-order valence-electron chi connectivity index (χ4n) is 1.51. The molecule has 0 unspecified atom stereocenters. The largest absolute Gasteiger partial charge is 0.413 e. The van der Waals surface area contributed by atoms with E-state index in [-0.39, 0.29) is 11.6 Å². The molecular weight excluding hydrogens is 240 g/mol. The van der Waals surface area contributed by atoms with Gasteiger partial charge in [-0.15, -0.1) is 0 Å². The first-order valence-electron chi connectivity index (χ1n) is 6.50. The molecule has 3 heteroatoms. The summed E-state index contributed by atoms with van der Waals surface area (Å²) in [5, 5.41) is 9.39. The molecule has 0 amide bonds. The molecule has 18 heavy (non-hydrogen) atoms. The Morgan fingerprint density at radius 1 is 1.22 bits per heavy atom. The molecule has 0 aliphatic rings. The van der Waals surface area contributed by atoms with Crippen molar-refractivity contribution in [2.24, 2.45) is 0 Å². The standard InChI is InChI=1S/C15H26O2Si/c1-12-9-13(7-8-14(12)10-16)11-17-18(5,6)15(2,3)4/h7-9,16H,10-11H2,1-6H3. The molecule has 0 spiro atoms. The molecule has 1 N–H and O–H groups in total. The molecular formula is C15H26O2Si. The van der Waals surface area contributed by atoms with E-state index in [1.165, 1.54) is 5.56 Å². The Kier molecular flexibility index (Phi) is 4.76. The highest BCUT2D eigenvalue weighted by Gasteiger charge is 2.36. The van der Waals surface area contributed by atoms with Crippen molar-refractivity contribution in [3.05, 3.63) is 34.9 Å². The van der Waals surface area contributed by atoms with Gasteiger partial charge in [0, 0.05) is 0 Å². The minimum atomic E-state index is -1.68. The van der Waals surface area contributed by atoms with E-state index in [4.69, 9.17) is 9.53 Å². The smallest absolute Gasteiger partial charge is 0.192 e. The van der Waals surface area contributed by atoms with E-state index in [2.05, 4.69) is 39.9 Å². The molecule has 0 atom stereocenters. The van der Waals surface area contributed by atoms with E-state index in [1.54, 1.807) is 0 Å². The summed E-state index contributed by atoms with van der Waals surface area (Å²) in [6.45, 7) is 14.1. The van der Waals surface area contributed by atoms with Gasteiger partial charge in [-0.3, -0.25) is 0 Å². The minimum absolute atomic E-state index is 0.106. The number of aliphatic hydroxyl groups is 1. The summed E-state index contributed by atoms with van der Waals surface area (Å²) in [4.78, 5) is 0. The summed E-state index contributed by atoms with van der Waals surface area (Å²) in [7, 11) is -1.68. The van der Waals surface area contributed by atoms with Crippen molar-refractivity contribution < 1.29 is 9.53 Å². The van der Waals surface area contributed by atoms with Crippen molar-refractivity contribution in [2.45, 2.75) is 59.0 Å². The van der Waals surface area contributed by atoms with Gasteiger partial charge in [0.15, 0.2) is 8.32 Å². The van der Waals surface area contributed by atoms with Gasteiger partial charge in [-0.2, -0.15) is 0 Å². The number of rotatable bonds is 4. The second kappa shape index (κ2) is 5.55. The molecule has 0 radical (unpaired) electrons. The summed E-state index contributed by atoms with van der Waals surface area (Å²) >= 11 is 0. The van der Waals surface area contributed by atoms with E-state index in [1.807, 2.05) is 19.1 Å². The second-order valence-corrected chi connectivity index (χ2v) is 11.3. The average Bonchev–Trinajstić information content (AvgIpc) is 2.25. The van der Waals surface area contributed by atoms with Crippen LogP contribution in [0.2, 0.25) is 18.1 Å². The monoisotopic (exact) mass is 266 g/mol. The molecule has 1 aromatic rings. The summed E-state index contributed by atoms with van der Waals surface area (Å²) < 4.78 is 6.18. The van der Waals surface area contributed by atoms with Crippen LogP contribution in [-0.4, -0.2) is 13.4 Å². The Balaban J connectivity index is 2.73. The first kappa shape index (κ1) is 15.4. The average molecular weight is 266 g/mol. The SMILES string of the molecule is Cc1cc(CO[Si](C)(C)C(C)(C)C)ccc1CO. The summed E-state index contributed by atoms with van der Waals surface area (Å²) in [6, 6.07) is 6.14. The van der Waals surface area contributed by atoms with E-state index in [9.17, 15) is 0 Å². The minimum Gasteiger partial charge on any atom is -0.413 e. The molecule has 0 saturated carbocycles. The highest BCUT2D eigenvalue weighted by atomic mass is 28.4. The quantitative estimate of drug-likeness (QED) is 0.834. The van der Waals surface area contributed by atoms with E-state index < -0.39 is 8.32 Å². The van der Waals surface area contributed by atoms with Crippen LogP contribution < -0.4 is 0 Å². The molecule has 0 aromatic heterocycles. The van der Waals surface area contributed by atoms with Crippen LogP contribution in [0.4, 0.5) is 0 Å². The van der Waals surface area contributed by atoms with E-state index in [0.29, 0.717) is 6.61 Å². The maximum atomic E-state index is 9.15. The number of aliphatic hydroxyl groups excluding tert-OH is 1. The van der Waals surface area contributed by atoms with Crippen LogP contribution in [0.15, 0.2) is 18.2 Å². The summed E-state index contributed by atoms with van der Waals surface area (Å²) in [6.07, 6.45) is 0. The van der Waals surface area contributed by atoms with Crippen molar-refractivity contribution in [1.29, 1.82) is 0 Å². The van der Waals surface area contributed by atoms with Gasteiger partial charge >= 0.3 is 0 Å². The Labute approximate surface area is 112 Å². The Morgan fingerprint density at radius 3 is 2.28 bits per heavy atom. The molecule has 0 heterocycles. The Hall–Kier alpha value is -0.643. The lowest BCUT2D eigenvalue weighted by Crippen LogP contribution is -2.40. The first-order chi connectivity index (χ1) is 8.17. The van der Waals surface area contributed by atoms with Crippen LogP contribution in [-0.2, 0) is 17.6 Å². The van der Waals surface area contributed by atoms with Crippen LogP contribution in [0.1, 0.15) is 37.5 Å². The molecule has 102 valence electrons. The van der Waals surface area contributed by atoms with Crippen molar-refractivity contribution in [3.63, 3.8) is 0 Å². The zero-order chi connectivity index (χ0) is 14.0. The number of aryl methyl sites for hydroxylation is 1. The van der Waals surface area contributed by atoms with Crippen LogP contribution in [0, 0.1) is 6.92 Å². The maximum absolute atomic E-state index is 9.15. The van der Waals surface area contributed by atoms with Gasteiger partial charge in [0.05, 0.1) is 13.2 Å². The zero-order valence-corrected chi connectivity index (χ0v) is 13.5. The van der Waals surface area contributed by atoms with Gasteiger partial charge in [0.1, 0.15) is 0 Å². The van der Waals surface area contributed by atoms with Crippen molar-refractivity contribution in [2.75, 3.05) is 0 Å². The zero-order valence-electron chi connectivity index (χ0n) is 12.5. The predicted molar refractivity (Wildman–Crippen MR) is 79.1 cm³/mol. The number of hydrogen-bond donors (Lipinski definition) is 1. The molecule has 0 aliphatic heterocycles. The van der Waals surface area contributed by atoms with Gasteiger partial charge in [0.25, 0.3) is 0 Å². The van der Waals surface area contributed by atoms with E-state index in [0.717, 1.165) is 11.1 Å². The van der Waals surface area contributed by atoms with Crippen molar-refractivity contribution in [1.82, 2.24) is 0 Å². The maximum Gasteiger partial charge on any atom is 0.192 e. The third-order valence-corrected chi connectivity index (χ3v) is 8.46. The molecule has 1 aromatic carbocycles. The lowest BCUT2D eigenvalue weighted by molar-refractivity contribution is 0.274. The van der Waals surface area contributed by atoms with Crippen LogP contribution in [0.3, 0.4) is 0 Å². The Morgan fingerprint density at radius 2 is 1.83 bits per heavy atom. The Bertz CT molecular complexity index is 405. The van der Waals surface area contributed by atoms with E-state index >= 15 is 0 Å². The van der Waals surface area contributed by atoms with Crippen molar-refractivity contribution >= 4 is 8.32 Å². The molecule has 0 fully saturated rings. The van der Waals surface area contributed by atoms with Gasteiger partial charge in [0.2, 0.25) is 0 Å². The van der Waals surface area contributed by atoms with Crippen LogP contribution >= 0.6 is 0 Å². The normalized spacial score (nSPS) is 12.8. The molecule has 0 aliphatic carbocycles. The molecule has 0 bridgehead atoms. The number of benzene rings is 1. The third-order valence-electron chi connectivity index (χ3n) is 3.98. The van der Waals surface area contributed by atoms with Crippen molar-refractivity contribution in [3.8, 4) is 0 Å². The summed E-state index contributed by atoms with van der Waals surface area (Å²) in [5.74, 6) is 0. The molecule has 2 nitrogen and oxygen atoms in total. The van der Waals surface area contributed by atoms with Gasteiger partial charge in [-0.05, 0) is 41.7 Å². The van der Waals surface area contributed by atoms with Crippen LogP contribution in [0.5, 0.6) is 0 Å². The fraction of sp³-hybridized carbons (Fsp3) is 0.600. The topological polar surface area (TPSA) is 29.5 Å². The fourth-order valence-corrected chi connectivity index (χ4v) is 2.47. The van der Waals surface area contributed by atoms with Gasteiger partial charge < -0.3 is 9.53 Å². The molecule has 0 saturated heterocycles. The lowest BCUT2D eigenvalue weighted by Gasteiger charge is -2.36. The number of hydrogen-bond acceptors (Lipinski definition) is 2.